The molecule has 0 aliphatic heterocycles. The zero-order chi connectivity index (χ0) is 20.1. The van der Waals surface area contributed by atoms with Crippen LogP contribution in [0.5, 0.6) is 0 Å². The number of fused-ring (bicyclic) bond motifs is 1. The Morgan fingerprint density at radius 2 is 2.07 bits per heavy atom. The number of aryl methyl sites for hydroxylation is 1. The number of H-pyrrole nitrogens is 2. The number of anilines is 3. The molecule has 148 valence electrons. The molecule has 1 aromatic carbocycles. The van der Waals surface area contributed by atoms with Crippen LogP contribution in [0.2, 0.25) is 5.02 Å². The topological polar surface area (TPSA) is 121 Å². The largest absolute Gasteiger partial charge is 0.368 e. The number of benzene rings is 1. The first-order valence-corrected chi connectivity index (χ1v) is 9.63. The highest BCUT2D eigenvalue weighted by Gasteiger charge is 2.26. The fourth-order valence-corrected chi connectivity index (χ4v) is 3.67. The van der Waals surface area contributed by atoms with Crippen molar-refractivity contribution in [3.8, 4) is 0 Å². The van der Waals surface area contributed by atoms with Gasteiger partial charge in [-0.15, -0.1) is 0 Å². The van der Waals surface area contributed by atoms with E-state index >= 15 is 4.39 Å². The number of hydrogen-bond donors (Lipinski definition) is 4. The van der Waals surface area contributed by atoms with Gasteiger partial charge in [0.05, 0.1) is 16.7 Å². The molecule has 1 fully saturated rings. The van der Waals surface area contributed by atoms with Crippen LogP contribution in [0.3, 0.4) is 0 Å². The van der Waals surface area contributed by atoms with E-state index in [0.29, 0.717) is 16.8 Å². The minimum absolute atomic E-state index is 0.0159. The zero-order valence-corrected chi connectivity index (χ0v) is 16.3. The van der Waals surface area contributed by atoms with Gasteiger partial charge in [-0.2, -0.15) is 10.1 Å². The van der Waals surface area contributed by atoms with Gasteiger partial charge in [-0.3, -0.25) is 5.10 Å². The SMILES string of the molecule is Cc1nc2c(Cc3nc(N)nc(Nc4cc(C5CC5)[nH]n4)c3F)cc(Cl)cc2[nH]1. The summed E-state index contributed by atoms with van der Waals surface area (Å²) >= 11 is 6.22. The molecule has 1 saturated carbocycles. The molecule has 1 aliphatic rings. The first-order valence-electron chi connectivity index (χ1n) is 9.25. The number of hydrogen-bond acceptors (Lipinski definition) is 6. The Morgan fingerprint density at radius 1 is 1.24 bits per heavy atom. The standard InChI is InChI=1S/C19H18ClFN8/c1-8-23-14-6-11(20)4-10(17(14)24-8)5-13-16(21)18(27-19(22)25-13)26-15-7-12(28-29-15)9-2-3-9/h4,6-7,9H,2-3,5H2,1H3,(H,23,24)(H4,22,25,26,27,28,29). The van der Waals surface area contributed by atoms with E-state index in [0.717, 1.165) is 41.0 Å². The Morgan fingerprint density at radius 3 is 2.86 bits per heavy atom. The van der Waals surface area contributed by atoms with Gasteiger partial charge in [0.15, 0.2) is 17.5 Å². The maximum Gasteiger partial charge on any atom is 0.222 e. The summed E-state index contributed by atoms with van der Waals surface area (Å²) in [5.74, 6) is 1.12. The van der Waals surface area contributed by atoms with E-state index in [4.69, 9.17) is 17.3 Å². The van der Waals surface area contributed by atoms with Gasteiger partial charge in [-0.1, -0.05) is 11.6 Å². The summed E-state index contributed by atoms with van der Waals surface area (Å²) in [4.78, 5) is 15.7. The summed E-state index contributed by atoms with van der Waals surface area (Å²) in [7, 11) is 0. The van der Waals surface area contributed by atoms with E-state index in [1.54, 1.807) is 12.1 Å². The molecular weight excluding hydrogens is 395 g/mol. The molecule has 1 aliphatic carbocycles. The Balaban J connectivity index is 1.49. The number of nitrogens with zero attached hydrogens (tertiary/aromatic N) is 4. The van der Waals surface area contributed by atoms with Crippen LogP contribution in [0.15, 0.2) is 18.2 Å². The highest BCUT2D eigenvalue weighted by molar-refractivity contribution is 6.31. The van der Waals surface area contributed by atoms with Crippen LogP contribution in [0.25, 0.3) is 11.0 Å². The minimum atomic E-state index is -0.587. The van der Waals surface area contributed by atoms with E-state index in [-0.39, 0.29) is 23.9 Å². The van der Waals surface area contributed by atoms with Crippen LogP contribution in [-0.2, 0) is 6.42 Å². The van der Waals surface area contributed by atoms with Crippen LogP contribution in [-0.4, -0.2) is 30.1 Å². The van der Waals surface area contributed by atoms with Crippen molar-refractivity contribution >= 4 is 40.2 Å². The molecule has 0 saturated heterocycles. The van der Waals surface area contributed by atoms with E-state index in [1.165, 1.54) is 0 Å². The van der Waals surface area contributed by atoms with E-state index in [2.05, 4.69) is 35.5 Å². The zero-order valence-electron chi connectivity index (χ0n) is 15.6. The second kappa shape index (κ2) is 6.70. The third kappa shape index (κ3) is 3.49. The Kier molecular flexibility index (Phi) is 4.13. The van der Waals surface area contributed by atoms with E-state index < -0.39 is 5.82 Å². The van der Waals surface area contributed by atoms with E-state index in [1.807, 2.05) is 13.0 Å². The van der Waals surface area contributed by atoms with Crippen LogP contribution in [0.1, 0.15) is 41.5 Å². The molecule has 0 unspecified atom stereocenters. The van der Waals surface area contributed by atoms with Crippen molar-refractivity contribution in [2.45, 2.75) is 32.1 Å². The van der Waals surface area contributed by atoms with Crippen molar-refractivity contribution in [2.75, 3.05) is 11.1 Å². The Hall–Kier alpha value is -3.20. The molecule has 29 heavy (non-hydrogen) atoms. The smallest absolute Gasteiger partial charge is 0.222 e. The number of aromatic amines is 2. The average Bonchev–Trinajstić information content (AvgIpc) is 3.29. The lowest BCUT2D eigenvalue weighted by molar-refractivity contribution is 0.602. The Labute approximate surface area is 170 Å². The molecule has 8 nitrogen and oxygen atoms in total. The molecule has 4 aromatic rings. The van der Waals surface area contributed by atoms with Gasteiger partial charge >= 0.3 is 0 Å². The number of nitrogens with two attached hydrogens (primary N) is 1. The predicted molar refractivity (Wildman–Crippen MR) is 109 cm³/mol. The van der Waals surface area contributed by atoms with Crippen molar-refractivity contribution in [1.29, 1.82) is 0 Å². The van der Waals surface area contributed by atoms with Gasteiger partial charge in [0.25, 0.3) is 0 Å². The van der Waals surface area contributed by atoms with Crippen molar-refractivity contribution in [3.63, 3.8) is 0 Å². The minimum Gasteiger partial charge on any atom is -0.368 e. The van der Waals surface area contributed by atoms with Crippen molar-refractivity contribution < 1.29 is 4.39 Å². The van der Waals surface area contributed by atoms with Gasteiger partial charge in [0, 0.05) is 29.1 Å². The second-order valence-electron chi connectivity index (χ2n) is 7.26. The molecule has 0 bridgehead atoms. The monoisotopic (exact) mass is 412 g/mol. The van der Waals surface area contributed by atoms with Crippen LogP contribution >= 0.6 is 11.6 Å². The van der Waals surface area contributed by atoms with Gasteiger partial charge in [0.2, 0.25) is 5.95 Å². The summed E-state index contributed by atoms with van der Waals surface area (Å²) in [6.45, 7) is 1.85. The Bertz CT molecular complexity index is 1230. The molecule has 3 heterocycles. The van der Waals surface area contributed by atoms with Crippen LogP contribution < -0.4 is 11.1 Å². The third-order valence-electron chi connectivity index (χ3n) is 4.91. The van der Waals surface area contributed by atoms with Crippen molar-refractivity contribution in [1.82, 2.24) is 30.1 Å². The van der Waals surface area contributed by atoms with Gasteiger partial charge < -0.3 is 16.0 Å². The van der Waals surface area contributed by atoms with Gasteiger partial charge in [-0.25, -0.2) is 14.4 Å². The molecule has 5 N–H and O–H groups in total. The number of aromatic nitrogens is 6. The first kappa shape index (κ1) is 17.9. The molecular formula is C19H18ClFN8. The summed E-state index contributed by atoms with van der Waals surface area (Å²) in [6.07, 6.45) is 2.45. The molecule has 0 radical (unpaired) electrons. The molecule has 0 amide bonds. The first-order chi connectivity index (χ1) is 14.0. The molecule has 3 aromatic heterocycles. The van der Waals surface area contributed by atoms with Crippen LogP contribution in [0, 0.1) is 12.7 Å². The van der Waals surface area contributed by atoms with Crippen LogP contribution in [0.4, 0.5) is 22.0 Å². The fraction of sp³-hybridized carbons (Fsp3) is 0.263. The van der Waals surface area contributed by atoms with Crippen molar-refractivity contribution in [2.24, 2.45) is 0 Å². The number of nitrogen functional groups attached to an aromatic ring is 1. The molecule has 0 atom stereocenters. The average molecular weight is 413 g/mol. The van der Waals surface area contributed by atoms with Crippen molar-refractivity contribution in [3.05, 3.63) is 51.8 Å². The normalized spacial score (nSPS) is 13.9. The molecule has 10 heteroatoms. The van der Waals surface area contributed by atoms with E-state index in [9.17, 15) is 0 Å². The summed E-state index contributed by atoms with van der Waals surface area (Å²) in [6, 6.07) is 5.40. The molecule has 0 spiro atoms. The fourth-order valence-electron chi connectivity index (χ4n) is 3.43. The quantitative estimate of drug-likeness (QED) is 0.393. The lowest BCUT2D eigenvalue weighted by atomic mass is 10.1. The second-order valence-corrected chi connectivity index (χ2v) is 7.70. The van der Waals surface area contributed by atoms with Gasteiger partial charge in [0.1, 0.15) is 5.82 Å². The number of imidazole rings is 1. The number of rotatable bonds is 5. The lowest BCUT2D eigenvalue weighted by Gasteiger charge is -2.10. The summed E-state index contributed by atoms with van der Waals surface area (Å²) < 4.78 is 15.2. The maximum absolute atomic E-state index is 15.2. The summed E-state index contributed by atoms with van der Waals surface area (Å²) in [5, 5.41) is 10.6. The molecule has 5 rings (SSSR count). The number of nitrogens with one attached hydrogen (secondary N) is 3. The predicted octanol–water partition coefficient (Wildman–Crippen LogP) is 3.97. The summed E-state index contributed by atoms with van der Waals surface area (Å²) in [5.41, 5.74) is 9.28. The third-order valence-corrected chi connectivity index (χ3v) is 5.12. The number of halogens is 2. The maximum atomic E-state index is 15.2. The van der Waals surface area contributed by atoms with Gasteiger partial charge in [-0.05, 0) is 37.5 Å². The highest BCUT2D eigenvalue weighted by Crippen LogP contribution is 2.39. The highest BCUT2D eigenvalue weighted by atomic mass is 35.5. The lowest BCUT2D eigenvalue weighted by Crippen LogP contribution is -2.08.